The molecule has 0 aliphatic carbocycles. The van der Waals surface area contributed by atoms with Gasteiger partial charge in [-0.2, -0.15) is 0 Å². The highest BCUT2D eigenvalue weighted by Gasteiger charge is 2.08. The van der Waals surface area contributed by atoms with Gasteiger partial charge in [0.25, 0.3) is 0 Å². The van der Waals surface area contributed by atoms with Crippen LogP contribution in [0.25, 0.3) is 0 Å². The number of hydrogen-bond donors (Lipinski definition) is 1. The summed E-state index contributed by atoms with van der Waals surface area (Å²) in [6, 6.07) is 0.643. The molecule has 0 spiro atoms. The highest BCUT2D eigenvalue weighted by atomic mass is 16.5. The molecule has 0 saturated carbocycles. The number of methoxy groups -OCH3 is 1. The Hall–Kier alpha value is -0.120. The Morgan fingerprint density at radius 2 is 1.87 bits per heavy atom. The molecule has 0 rings (SSSR count). The predicted molar refractivity (Wildman–Crippen MR) is 64.2 cm³/mol. The molecule has 0 aromatic rings. The fraction of sp³-hybridized carbons (Fsp3) is 1.00. The molecule has 1 unspecified atom stereocenters. The molecule has 1 atom stereocenters. The lowest BCUT2D eigenvalue weighted by atomic mass is 10.0. The molecule has 0 fully saturated rings. The summed E-state index contributed by atoms with van der Waals surface area (Å²) in [5.74, 6) is 0.712. The highest BCUT2D eigenvalue weighted by Crippen LogP contribution is 2.04. The van der Waals surface area contributed by atoms with E-state index >= 15 is 0 Å². The average molecular weight is 217 g/mol. The van der Waals surface area contributed by atoms with Crippen molar-refractivity contribution in [1.82, 2.24) is 5.32 Å². The zero-order chi connectivity index (χ0) is 11.5. The van der Waals surface area contributed by atoms with E-state index in [2.05, 4.69) is 26.1 Å². The van der Waals surface area contributed by atoms with Crippen LogP contribution < -0.4 is 5.32 Å². The molecule has 0 aromatic carbocycles. The van der Waals surface area contributed by atoms with Crippen LogP contribution in [0.1, 0.15) is 33.6 Å². The smallest absolute Gasteiger partial charge is 0.0700 e. The predicted octanol–water partition coefficient (Wildman–Crippen LogP) is 2.06. The highest BCUT2D eigenvalue weighted by molar-refractivity contribution is 4.67. The van der Waals surface area contributed by atoms with Crippen molar-refractivity contribution >= 4 is 0 Å². The van der Waals surface area contributed by atoms with Crippen LogP contribution in [-0.4, -0.2) is 39.5 Å². The van der Waals surface area contributed by atoms with Gasteiger partial charge in [-0.1, -0.05) is 20.8 Å². The summed E-state index contributed by atoms with van der Waals surface area (Å²) in [7, 11) is 1.69. The molecule has 15 heavy (non-hydrogen) atoms. The lowest BCUT2D eigenvalue weighted by Crippen LogP contribution is -2.34. The number of hydrogen-bond acceptors (Lipinski definition) is 3. The quantitative estimate of drug-likeness (QED) is 0.568. The SMILES string of the molecule is CCC(NCCCOCCOC)C(C)C. The van der Waals surface area contributed by atoms with Crippen LogP contribution in [0.3, 0.4) is 0 Å². The lowest BCUT2D eigenvalue weighted by molar-refractivity contribution is 0.0690. The second-order valence-corrected chi connectivity index (χ2v) is 4.17. The Kier molecular flexibility index (Phi) is 10.3. The largest absolute Gasteiger partial charge is 0.382 e. The summed E-state index contributed by atoms with van der Waals surface area (Å²) in [5, 5.41) is 3.55. The summed E-state index contributed by atoms with van der Waals surface area (Å²) >= 11 is 0. The minimum absolute atomic E-state index is 0.643. The third-order valence-electron chi connectivity index (χ3n) is 2.55. The Morgan fingerprint density at radius 1 is 1.13 bits per heavy atom. The van der Waals surface area contributed by atoms with E-state index in [1.165, 1.54) is 6.42 Å². The summed E-state index contributed by atoms with van der Waals surface area (Å²) in [4.78, 5) is 0. The van der Waals surface area contributed by atoms with Gasteiger partial charge in [-0.05, 0) is 25.3 Å². The van der Waals surface area contributed by atoms with Gasteiger partial charge in [-0.15, -0.1) is 0 Å². The molecule has 92 valence electrons. The third kappa shape index (κ3) is 8.85. The number of ether oxygens (including phenoxy) is 2. The molecule has 0 saturated heterocycles. The first-order valence-corrected chi connectivity index (χ1v) is 6.02. The Labute approximate surface area is 94.5 Å². The molecule has 0 bridgehead atoms. The summed E-state index contributed by atoms with van der Waals surface area (Å²) in [5.41, 5.74) is 0. The van der Waals surface area contributed by atoms with Crippen molar-refractivity contribution in [3.05, 3.63) is 0 Å². The second kappa shape index (κ2) is 10.4. The van der Waals surface area contributed by atoms with Gasteiger partial charge in [-0.3, -0.25) is 0 Å². The fourth-order valence-electron chi connectivity index (χ4n) is 1.56. The van der Waals surface area contributed by atoms with Gasteiger partial charge in [0.1, 0.15) is 0 Å². The van der Waals surface area contributed by atoms with E-state index < -0.39 is 0 Å². The summed E-state index contributed by atoms with van der Waals surface area (Å²) in [6.07, 6.45) is 2.27. The molecule has 3 nitrogen and oxygen atoms in total. The third-order valence-corrected chi connectivity index (χ3v) is 2.55. The van der Waals surface area contributed by atoms with E-state index in [1.54, 1.807) is 7.11 Å². The molecular weight excluding hydrogens is 190 g/mol. The molecule has 0 aromatic heterocycles. The van der Waals surface area contributed by atoms with Gasteiger partial charge in [-0.25, -0.2) is 0 Å². The van der Waals surface area contributed by atoms with Gasteiger partial charge in [0.05, 0.1) is 13.2 Å². The van der Waals surface area contributed by atoms with Crippen molar-refractivity contribution in [2.45, 2.75) is 39.7 Å². The van der Waals surface area contributed by atoms with Crippen molar-refractivity contribution in [2.75, 3.05) is 33.5 Å². The fourth-order valence-corrected chi connectivity index (χ4v) is 1.56. The van der Waals surface area contributed by atoms with Crippen molar-refractivity contribution in [2.24, 2.45) is 5.92 Å². The Bertz CT molecular complexity index is 129. The molecular formula is C12H27NO2. The second-order valence-electron chi connectivity index (χ2n) is 4.17. The number of nitrogens with one attached hydrogen (secondary N) is 1. The van der Waals surface area contributed by atoms with Gasteiger partial charge in [0, 0.05) is 19.8 Å². The first-order chi connectivity index (χ1) is 7.22. The van der Waals surface area contributed by atoms with E-state index in [4.69, 9.17) is 9.47 Å². The van der Waals surface area contributed by atoms with E-state index in [0.29, 0.717) is 25.2 Å². The first-order valence-electron chi connectivity index (χ1n) is 6.02. The Balaban J connectivity index is 3.22. The molecule has 0 aliphatic rings. The van der Waals surface area contributed by atoms with Crippen molar-refractivity contribution < 1.29 is 9.47 Å². The lowest BCUT2D eigenvalue weighted by Gasteiger charge is -2.20. The first kappa shape index (κ1) is 14.9. The average Bonchev–Trinajstić information content (AvgIpc) is 2.21. The van der Waals surface area contributed by atoms with E-state index in [1.807, 2.05) is 0 Å². The molecule has 0 radical (unpaired) electrons. The maximum absolute atomic E-state index is 5.38. The summed E-state index contributed by atoms with van der Waals surface area (Å²) in [6.45, 7) is 10.0. The van der Waals surface area contributed by atoms with Gasteiger partial charge >= 0.3 is 0 Å². The monoisotopic (exact) mass is 217 g/mol. The number of rotatable bonds is 10. The minimum Gasteiger partial charge on any atom is -0.382 e. The van der Waals surface area contributed by atoms with Crippen molar-refractivity contribution in [3.63, 3.8) is 0 Å². The standard InChI is InChI=1S/C12H27NO2/c1-5-12(11(2)3)13-7-6-8-15-10-9-14-4/h11-13H,5-10H2,1-4H3. The zero-order valence-electron chi connectivity index (χ0n) is 10.7. The van der Waals surface area contributed by atoms with E-state index in [-0.39, 0.29) is 0 Å². The summed E-state index contributed by atoms with van der Waals surface area (Å²) < 4.78 is 10.3. The Morgan fingerprint density at radius 3 is 2.40 bits per heavy atom. The van der Waals surface area contributed by atoms with Crippen molar-refractivity contribution in [1.29, 1.82) is 0 Å². The molecule has 0 amide bonds. The maximum atomic E-state index is 5.38. The van der Waals surface area contributed by atoms with E-state index in [0.717, 1.165) is 19.6 Å². The van der Waals surface area contributed by atoms with Gasteiger partial charge in [0.2, 0.25) is 0 Å². The molecule has 3 heteroatoms. The maximum Gasteiger partial charge on any atom is 0.0700 e. The normalized spacial score (nSPS) is 13.4. The van der Waals surface area contributed by atoms with Crippen LogP contribution >= 0.6 is 0 Å². The minimum atomic E-state index is 0.643. The zero-order valence-corrected chi connectivity index (χ0v) is 10.7. The van der Waals surface area contributed by atoms with Crippen LogP contribution in [0.5, 0.6) is 0 Å². The topological polar surface area (TPSA) is 30.5 Å². The molecule has 0 heterocycles. The molecule has 0 aliphatic heterocycles. The van der Waals surface area contributed by atoms with E-state index in [9.17, 15) is 0 Å². The van der Waals surface area contributed by atoms with Crippen LogP contribution in [0.15, 0.2) is 0 Å². The molecule has 1 N–H and O–H groups in total. The van der Waals surface area contributed by atoms with Crippen LogP contribution in [0.2, 0.25) is 0 Å². The van der Waals surface area contributed by atoms with Gasteiger partial charge in [0.15, 0.2) is 0 Å². The van der Waals surface area contributed by atoms with Crippen molar-refractivity contribution in [3.8, 4) is 0 Å². The van der Waals surface area contributed by atoms with Gasteiger partial charge < -0.3 is 14.8 Å². The van der Waals surface area contributed by atoms with Crippen LogP contribution in [-0.2, 0) is 9.47 Å². The van der Waals surface area contributed by atoms with Crippen LogP contribution in [0.4, 0.5) is 0 Å². The van der Waals surface area contributed by atoms with Crippen LogP contribution in [0, 0.1) is 5.92 Å².